The van der Waals surface area contributed by atoms with E-state index in [0.717, 1.165) is 11.1 Å². The largest absolute Gasteiger partial charge is 0.480 e. The molecule has 0 fully saturated rings. The summed E-state index contributed by atoms with van der Waals surface area (Å²) in [5.74, 6) is -1.29. The van der Waals surface area contributed by atoms with Crippen molar-refractivity contribution in [1.82, 2.24) is 5.32 Å². The number of carbonyl (C=O) groups excluding carboxylic acids is 1. The monoisotopic (exact) mass is 261 g/mol. The summed E-state index contributed by atoms with van der Waals surface area (Å²) in [6.07, 6.45) is 2.75. The third-order valence-electron chi connectivity index (χ3n) is 2.78. The van der Waals surface area contributed by atoms with Crippen LogP contribution in [0.5, 0.6) is 0 Å². The van der Waals surface area contributed by atoms with Crippen LogP contribution in [0.4, 0.5) is 0 Å². The fraction of sp³-hybridized carbons (Fsp3) is 0.333. The van der Waals surface area contributed by atoms with Crippen molar-refractivity contribution in [3.8, 4) is 0 Å². The molecule has 1 aromatic carbocycles. The maximum Gasteiger partial charge on any atom is 0.326 e. The van der Waals surface area contributed by atoms with Gasteiger partial charge in [-0.2, -0.15) is 0 Å². The highest BCUT2D eigenvalue weighted by molar-refractivity contribution is 5.84. The van der Waals surface area contributed by atoms with Crippen LogP contribution in [-0.2, 0) is 16.0 Å². The molecule has 4 heteroatoms. The molecule has 1 aromatic rings. The molecule has 1 amide bonds. The Balaban J connectivity index is 2.54. The Labute approximate surface area is 113 Å². The zero-order valence-electron chi connectivity index (χ0n) is 11.1. The van der Waals surface area contributed by atoms with Crippen molar-refractivity contribution >= 4 is 11.9 Å². The lowest BCUT2D eigenvalue weighted by Crippen LogP contribution is -2.41. The number of benzene rings is 1. The molecule has 0 saturated heterocycles. The number of rotatable bonds is 7. The summed E-state index contributed by atoms with van der Waals surface area (Å²) >= 11 is 0. The number of nitrogens with one attached hydrogen (secondary N) is 1. The van der Waals surface area contributed by atoms with Gasteiger partial charge < -0.3 is 10.4 Å². The zero-order valence-corrected chi connectivity index (χ0v) is 11.1. The molecule has 0 aliphatic carbocycles. The lowest BCUT2D eigenvalue weighted by Gasteiger charge is -2.13. The van der Waals surface area contributed by atoms with Crippen LogP contribution in [0.3, 0.4) is 0 Å². The molecule has 4 nitrogen and oxygen atoms in total. The Hall–Kier alpha value is -2.10. The van der Waals surface area contributed by atoms with Crippen molar-refractivity contribution in [1.29, 1.82) is 0 Å². The van der Waals surface area contributed by atoms with Gasteiger partial charge in [-0.15, -0.1) is 6.58 Å². The van der Waals surface area contributed by atoms with Gasteiger partial charge in [-0.05, 0) is 25.3 Å². The van der Waals surface area contributed by atoms with E-state index in [1.165, 1.54) is 0 Å². The molecule has 2 N–H and O–H groups in total. The van der Waals surface area contributed by atoms with Crippen LogP contribution in [0, 0.1) is 6.92 Å². The highest BCUT2D eigenvalue weighted by Gasteiger charge is 2.18. The number of carboxylic acids is 1. The second-order valence-electron chi connectivity index (χ2n) is 4.49. The number of amides is 1. The number of allylic oxidation sites excluding steroid dienone is 1. The lowest BCUT2D eigenvalue weighted by molar-refractivity contribution is -0.141. The molecule has 1 atom stereocenters. The molecule has 0 saturated carbocycles. The first-order chi connectivity index (χ1) is 9.02. The normalized spacial score (nSPS) is 11.6. The third-order valence-corrected chi connectivity index (χ3v) is 2.78. The van der Waals surface area contributed by atoms with Crippen LogP contribution in [0.1, 0.15) is 24.0 Å². The summed E-state index contributed by atoms with van der Waals surface area (Å²) in [7, 11) is 0. The van der Waals surface area contributed by atoms with Crippen LogP contribution in [0.25, 0.3) is 0 Å². The number of hydrogen-bond acceptors (Lipinski definition) is 2. The first kappa shape index (κ1) is 15.0. The molecular formula is C15H19NO3. The quantitative estimate of drug-likeness (QED) is 0.738. The molecule has 0 heterocycles. The zero-order chi connectivity index (χ0) is 14.3. The SMILES string of the molecule is C=CCCC(NC(=O)Cc1ccc(C)cc1)C(=O)O. The van der Waals surface area contributed by atoms with Crippen molar-refractivity contribution in [2.75, 3.05) is 0 Å². The minimum Gasteiger partial charge on any atom is -0.480 e. The van der Waals surface area contributed by atoms with Crippen LogP contribution in [0.15, 0.2) is 36.9 Å². The van der Waals surface area contributed by atoms with E-state index in [-0.39, 0.29) is 12.3 Å². The lowest BCUT2D eigenvalue weighted by atomic mass is 10.1. The maximum absolute atomic E-state index is 11.8. The molecule has 0 aliphatic heterocycles. The van der Waals surface area contributed by atoms with Gasteiger partial charge in [0.25, 0.3) is 0 Å². The first-order valence-corrected chi connectivity index (χ1v) is 6.21. The van der Waals surface area contributed by atoms with Crippen molar-refractivity contribution in [2.24, 2.45) is 0 Å². The number of hydrogen-bond donors (Lipinski definition) is 2. The molecule has 0 aromatic heterocycles. The third kappa shape index (κ3) is 5.38. The van der Waals surface area contributed by atoms with Crippen molar-refractivity contribution in [3.05, 3.63) is 48.0 Å². The average Bonchev–Trinajstić information content (AvgIpc) is 2.37. The van der Waals surface area contributed by atoms with E-state index in [2.05, 4.69) is 11.9 Å². The predicted octanol–water partition coefficient (Wildman–Crippen LogP) is 2.07. The topological polar surface area (TPSA) is 66.4 Å². The minimum atomic E-state index is -1.01. The minimum absolute atomic E-state index is 0.193. The van der Waals surface area contributed by atoms with Crippen molar-refractivity contribution in [3.63, 3.8) is 0 Å². The van der Waals surface area contributed by atoms with E-state index in [1.807, 2.05) is 31.2 Å². The van der Waals surface area contributed by atoms with E-state index in [9.17, 15) is 9.59 Å². The molecule has 0 bridgehead atoms. The number of carbonyl (C=O) groups is 2. The average molecular weight is 261 g/mol. The van der Waals surface area contributed by atoms with Crippen LogP contribution >= 0.6 is 0 Å². The number of aliphatic carboxylic acids is 1. The van der Waals surface area contributed by atoms with E-state index in [0.29, 0.717) is 12.8 Å². The molecule has 19 heavy (non-hydrogen) atoms. The van der Waals surface area contributed by atoms with Gasteiger partial charge in [0.15, 0.2) is 0 Å². The molecule has 102 valence electrons. The summed E-state index contributed by atoms with van der Waals surface area (Å²) in [6.45, 7) is 5.51. The van der Waals surface area contributed by atoms with E-state index in [4.69, 9.17) is 5.11 Å². The molecule has 0 aliphatic rings. The van der Waals surface area contributed by atoms with Gasteiger partial charge in [-0.25, -0.2) is 4.79 Å². The molecular weight excluding hydrogens is 242 g/mol. The van der Waals surface area contributed by atoms with Crippen molar-refractivity contribution < 1.29 is 14.7 Å². The Morgan fingerprint density at radius 2 is 2.00 bits per heavy atom. The van der Waals surface area contributed by atoms with E-state index >= 15 is 0 Å². The fourth-order valence-corrected chi connectivity index (χ4v) is 1.68. The second kappa shape index (κ2) is 7.36. The molecule has 0 spiro atoms. The van der Waals surface area contributed by atoms with Gasteiger partial charge in [-0.1, -0.05) is 35.9 Å². The van der Waals surface area contributed by atoms with Gasteiger partial charge in [0.2, 0.25) is 5.91 Å². The highest BCUT2D eigenvalue weighted by Crippen LogP contribution is 2.05. The highest BCUT2D eigenvalue weighted by atomic mass is 16.4. The standard InChI is InChI=1S/C15H19NO3/c1-3-4-5-13(15(18)19)16-14(17)10-12-8-6-11(2)7-9-12/h3,6-9,13H,1,4-5,10H2,2H3,(H,16,17)(H,18,19). The van der Waals surface area contributed by atoms with Crippen LogP contribution < -0.4 is 5.32 Å². The first-order valence-electron chi connectivity index (χ1n) is 6.21. The summed E-state index contributed by atoms with van der Waals surface area (Å²) in [5.41, 5.74) is 1.99. The molecule has 0 radical (unpaired) electrons. The number of aryl methyl sites for hydroxylation is 1. The fourth-order valence-electron chi connectivity index (χ4n) is 1.68. The Kier molecular flexibility index (Phi) is 5.79. The smallest absolute Gasteiger partial charge is 0.326 e. The maximum atomic E-state index is 11.8. The Morgan fingerprint density at radius 1 is 1.37 bits per heavy atom. The summed E-state index contributed by atoms with van der Waals surface area (Å²) < 4.78 is 0. The predicted molar refractivity (Wildman–Crippen MR) is 73.9 cm³/mol. The van der Waals surface area contributed by atoms with Crippen molar-refractivity contribution in [2.45, 2.75) is 32.2 Å². The van der Waals surface area contributed by atoms with Gasteiger partial charge in [0, 0.05) is 0 Å². The van der Waals surface area contributed by atoms with E-state index in [1.54, 1.807) is 6.08 Å². The Bertz CT molecular complexity index is 451. The van der Waals surface area contributed by atoms with Gasteiger partial charge in [0.1, 0.15) is 6.04 Å². The molecule has 1 unspecified atom stereocenters. The summed E-state index contributed by atoms with van der Waals surface area (Å²) in [5, 5.41) is 11.5. The van der Waals surface area contributed by atoms with E-state index < -0.39 is 12.0 Å². The number of carboxylic acid groups (broad SMARTS) is 1. The van der Waals surface area contributed by atoms with Gasteiger partial charge >= 0.3 is 5.97 Å². The second-order valence-corrected chi connectivity index (χ2v) is 4.49. The van der Waals surface area contributed by atoms with Crippen LogP contribution in [-0.4, -0.2) is 23.0 Å². The Morgan fingerprint density at radius 3 is 2.53 bits per heavy atom. The summed E-state index contributed by atoms with van der Waals surface area (Å²) in [4.78, 5) is 22.8. The van der Waals surface area contributed by atoms with Gasteiger partial charge in [-0.3, -0.25) is 4.79 Å². The summed E-state index contributed by atoms with van der Waals surface area (Å²) in [6, 6.07) is 6.74. The van der Waals surface area contributed by atoms with Gasteiger partial charge in [0.05, 0.1) is 6.42 Å². The van der Waals surface area contributed by atoms with Crippen LogP contribution in [0.2, 0.25) is 0 Å². The molecule has 1 rings (SSSR count).